The van der Waals surface area contributed by atoms with Crippen LogP contribution in [0, 0.1) is 0 Å². The Hall–Kier alpha value is -2.92. The van der Waals surface area contributed by atoms with Crippen LogP contribution in [0.1, 0.15) is 78.1 Å². The van der Waals surface area contributed by atoms with Crippen molar-refractivity contribution < 1.29 is 59.2 Å². The molecule has 166 valence electrons. The fraction of sp³-hybridized carbons (Fsp3) is 0.750. The summed E-state index contributed by atoms with van der Waals surface area (Å²) in [6.07, 6.45) is 7.25. The normalized spacial score (nSPS) is 8.79. The van der Waals surface area contributed by atoms with Gasteiger partial charge in [0.05, 0.1) is 0 Å². The summed E-state index contributed by atoms with van der Waals surface area (Å²) in [4.78, 5) is 49.7. The summed E-state index contributed by atoms with van der Waals surface area (Å²) in [5.74, 6) is 0. The summed E-state index contributed by atoms with van der Waals surface area (Å²) in [5.41, 5.74) is 0. The maximum atomic E-state index is 9.29. The maximum absolute atomic E-state index is 9.29. The van der Waals surface area contributed by atoms with E-state index in [4.69, 9.17) is 20.4 Å². The molecular formula is C16H30O12. The van der Waals surface area contributed by atoms with Crippen molar-refractivity contribution in [3.63, 3.8) is 0 Å². The summed E-state index contributed by atoms with van der Waals surface area (Å²) in [6, 6.07) is 0. The molecule has 0 bridgehead atoms. The summed E-state index contributed by atoms with van der Waals surface area (Å²) < 4.78 is 0. The van der Waals surface area contributed by atoms with E-state index in [0.717, 1.165) is 0 Å². The molecule has 12 heteroatoms. The van der Waals surface area contributed by atoms with Crippen molar-refractivity contribution in [2.24, 2.45) is 0 Å². The van der Waals surface area contributed by atoms with Crippen molar-refractivity contribution in [2.45, 2.75) is 78.1 Å². The smallest absolute Gasteiger partial charge is 0.447 e. The standard InChI is InChI=1S/C12H26.2C2H2O6/c1-3-5-7-9-11-12-10-8-6-4-2;2*3-1(4)7-8-2(5)6/h3-12H2,1-2H3;2*(H,3,4)(H,5,6). The lowest BCUT2D eigenvalue weighted by Crippen LogP contribution is -2.05. The fourth-order valence-electron chi connectivity index (χ4n) is 1.70. The Balaban J connectivity index is -0.000000347. The van der Waals surface area contributed by atoms with Crippen molar-refractivity contribution in [3.8, 4) is 0 Å². The lowest BCUT2D eigenvalue weighted by atomic mass is 10.1. The molecule has 0 unspecified atom stereocenters. The zero-order valence-electron chi connectivity index (χ0n) is 16.1. The minimum absolute atomic E-state index is 1.37. The first-order valence-electron chi connectivity index (χ1n) is 8.77. The zero-order chi connectivity index (χ0) is 22.2. The third kappa shape index (κ3) is 43.5. The van der Waals surface area contributed by atoms with Gasteiger partial charge in [-0.05, 0) is 0 Å². The Kier molecular flexibility index (Phi) is 25.7. The molecule has 28 heavy (non-hydrogen) atoms. The Labute approximate surface area is 162 Å². The second-order valence-electron chi connectivity index (χ2n) is 5.23. The first-order chi connectivity index (χ1) is 13.2. The molecule has 0 spiro atoms. The number of hydrogen-bond acceptors (Lipinski definition) is 8. The minimum Gasteiger partial charge on any atom is -0.447 e. The molecule has 0 aromatic carbocycles. The van der Waals surface area contributed by atoms with Crippen LogP contribution in [0.25, 0.3) is 0 Å². The third-order valence-corrected chi connectivity index (χ3v) is 2.83. The van der Waals surface area contributed by atoms with E-state index in [1.165, 1.54) is 64.2 Å². The predicted molar refractivity (Wildman–Crippen MR) is 94.0 cm³/mol. The molecule has 0 aromatic rings. The first-order valence-corrected chi connectivity index (χ1v) is 8.77. The predicted octanol–water partition coefficient (Wildman–Crippen LogP) is 5.51. The molecule has 0 aromatic heterocycles. The van der Waals surface area contributed by atoms with Crippen LogP contribution in [0.15, 0.2) is 0 Å². The maximum Gasteiger partial charge on any atom is 0.547 e. The number of unbranched alkanes of at least 4 members (excludes halogenated alkanes) is 9. The van der Waals surface area contributed by atoms with Gasteiger partial charge >= 0.3 is 24.6 Å². The highest BCUT2D eigenvalue weighted by atomic mass is 17.3. The molecule has 0 atom stereocenters. The highest BCUT2D eigenvalue weighted by Gasteiger charge is 2.02. The van der Waals surface area contributed by atoms with Gasteiger partial charge in [-0.2, -0.15) is 0 Å². The summed E-state index contributed by atoms with van der Waals surface area (Å²) in [6.45, 7) is 4.56. The van der Waals surface area contributed by atoms with Gasteiger partial charge in [-0.25, -0.2) is 38.7 Å². The molecule has 12 nitrogen and oxygen atoms in total. The van der Waals surface area contributed by atoms with Crippen molar-refractivity contribution in [2.75, 3.05) is 0 Å². The Morgan fingerprint density at radius 3 is 0.786 bits per heavy atom. The number of carbonyl (C=O) groups is 4. The second-order valence-corrected chi connectivity index (χ2v) is 5.23. The van der Waals surface area contributed by atoms with Crippen LogP contribution in [0.2, 0.25) is 0 Å². The third-order valence-electron chi connectivity index (χ3n) is 2.83. The van der Waals surface area contributed by atoms with Gasteiger partial charge in [0.25, 0.3) is 0 Å². The van der Waals surface area contributed by atoms with Gasteiger partial charge in [-0.3, -0.25) is 0 Å². The number of hydrogen-bond donors (Lipinski definition) is 4. The largest absolute Gasteiger partial charge is 0.547 e. The van der Waals surface area contributed by atoms with E-state index in [1.807, 2.05) is 0 Å². The van der Waals surface area contributed by atoms with Crippen LogP contribution in [-0.4, -0.2) is 45.0 Å². The van der Waals surface area contributed by atoms with Crippen molar-refractivity contribution in [3.05, 3.63) is 0 Å². The van der Waals surface area contributed by atoms with Crippen LogP contribution >= 0.6 is 0 Å². The van der Waals surface area contributed by atoms with Crippen molar-refractivity contribution in [1.82, 2.24) is 0 Å². The molecule has 0 aliphatic rings. The lowest BCUT2D eigenvalue weighted by molar-refractivity contribution is -0.208. The van der Waals surface area contributed by atoms with Gasteiger partial charge in [0.2, 0.25) is 0 Å². The molecule has 0 amide bonds. The lowest BCUT2D eigenvalue weighted by Gasteiger charge is -1.99. The van der Waals surface area contributed by atoms with Gasteiger partial charge in [-0.1, -0.05) is 78.1 Å². The molecule has 4 N–H and O–H groups in total. The highest BCUT2D eigenvalue weighted by Crippen LogP contribution is 2.09. The van der Waals surface area contributed by atoms with Crippen LogP contribution in [-0.2, 0) is 19.6 Å². The zero-order valence-corrected chi connectivity index (χ0v) is 16.1. The fourth-order valence-corrected chi connectivity index (χ4v) is 1.70. The van der Waals surface area contributed by atoms with Crippen LogP contribution in [0.5, 0.6) is 0 Å². The second kappa shape index (κ2) is 24.1. The van der Waals surface area contributed by atoms with E-state index < -0.39 is 24.6 Å². The van der Waals surface area contributed by atoms with E-state index >= 15 is 0 Å². The van der Waals surface area contributed by atoms with E-state index in [2.05, 4.69) is 33.4 Å². The topological polar surface area (TPSA) is 186 Å². The first kappa shape index (κ1) is 29.8. The van der Waals surface area contributed by atoms with Gasteiger partial charge < -0.3 is 20.4 Å². The molecule has 0 fully saturated rings. The monoisotopic (exact) mass is 414 g/mol. The Morgan fingerprint density at radius 1 is 0.464 bits per heavy atom. The van der Waals surface area contributed by atoms with Crippen molar-refractivity contribution in [1.29, 1.82) is 0 Å². The average molecular weight is 414 g/mol. The molecule has 0 rings (SSSR count). The number of rotatable bonds is 9. The molecule has 0 saturated heterocycles. The SMILES string of the molecule is CCCCCCCCCCCC.O=C(O)OOC(=O)O.O=C(O)OOC(=O)O. The average Bonchev–Trinajstić information content (AvgIpc) is 2.61. The quantitative estimate of drug-likeness (QED) is 0.211. The number of carboxylic acid groups (broad SMARTS) is 4. The van der Waals surface area contributed by atoms with Gasteiger partial charge in [0, 0.05) is 0 Å². The van der Waals surface area contributed by atoms with E-state index in [9.17, 15) is 19.2 Å². The Bertz CT molecular complexity index is 344. The van der Waals surface area contributed by atoms with E-state index in [-0.39, 0.29) is 0 Å². The minimum atomic E-state index is -1.80. The highest BCUT2D eigenvalue weighted by molar-refractivity contribution is 5.60. The van der Waals surface area contributed by atoms with E-state index in [0.29, 0.717) is 0 Å². The Morgan fingerprint density at radius 2 is 0.643 bits per heavy atom. The van der Waals surface area contributed by atoms with Crippen LogP contribution in [0.4, 0.5) is 19.2 Å². The molecule has 0 saturated carbocycles. The van der Waals surface area contributed by atoms with E-state index in [1.54, 1.807) is 0 Å². The molecule has 0 radical (unpaired) electrons. The molecular weight excluding hydrogens is 384 g/mol. The summed E-state index contributed by atoms with van der Waals surface area (Å²) in [5, 5.41) is 30.2. The van der Waals surface area contributed by atoms with Crippen molar-refractivity contribution >= 4 is 24.6 Å². The van der Waals surface area contributed by atoms with Crippen LogP contribution < -0.4 is 0 Å². The van der Waals surface area contributed by atoms with Gasteiger partial charge in [0.15, 0.2) is 0 Å². The van der Waals surface area contributed by atoms with Gasteiger partial charge in [-0.15, -0.1) is 0 Å². The summed E-state index contributed by atoms with van der Waals surface area (Å²) in [7, 11) is 0. The molecule has 0 aliphatic heterocycles. The molecule has 0 aliphatic carbocycles. The van der Waals surface area contributed by atoms with Crippen LogP contribution in [0.3, 0.4) is 0 Å². The van der Waals surface area contributed by atoms with Gasteiger partial charge in [0.1, 0.15) is 0 Å². The summed E-state index contributed by atoms with van der Waals surface area (Å²) >= 11 is 0. The molecule has 0 heterocycles.